The molecule has 4 rings (SSSR count). The summed E-state index contributed by atoms with van der Waals surface area (Å²) in [5.74, 6) is -1.82. The molecule has 174 valence electrons. The van der Waals surface area contributed by atoms with Crippen LogP contribution >= 0.6 is 0 Å². The molecule has 0 atom stereocenters. The second-order valence-corrected chi connectivity index (χ2v) is 7.60. The van der Waals surface area contributed by atoms with Crippen molar-refractivity contribution in [3.05, 3.63) is 65.2 Å². The maximum Gasteiger partial charge on any atom is 0.417 e. The van der Waals surface area contributed by atoms with Gasteiger partial charge in [0.2, 0.25) is 0 Å². The number of hydrogen-bond acceptors (Lipinski definition) is 4. The SMILES string of the molecule is Nc1cnc(-c2ccc(C3CCC3)c(Oc3ccc(C(F)(F)F)c(C(F)(F)F)c3)c2F)cn1. The van der Waals surface area contributed by atoms with Crippen LogP contribution in [-0.4, -0.2) is 9.97 Å². The van der Waals surface area contributed by atoms with E-state index in [0.717, 1.165) is 25.3 Å². The highest BCUT2D eigenvalue weighted by molar-refractivity contribution is 5.64. The van der Waals surface area contributed by atoms with E-state index in [-0.39, 0.29) is 40.9 Å². The Kier molecular flexibility index (Phi) is 5.67. The molecule has 2 N–H and O–H groups in total. The number of nitrogen functional groups attached to an aromatic ring is 1. The molecule has 4 nitrogen and oxygen atoms in total. The van der Waals surface area contributed by atoms with Gasteiger partial charge in [-0.05, 0) is 43.0 Å². The first kappa shape index (κ1) is 22.8. The average Bonchev–Trinajstić information content (AvgIpc) is 2.69. The summed E-state index contributed by atoms with van der Waals surface area (Å²) in [7, 11) is 0. The van der Waals surface area contributed by atoms with Gasteiger partial charge >= 0.3 is 12.4 Å². The van der Waals surface area contributed by atoms with Crippen LogP contribution in [0.1, 0.15) is 41.9 Å². The van der Waals surface area contributed by atoms with Crippen molar-refractivity contribution in [2.75, 3.05) is 5.73 Å². The molecule has 0 saturated heterocycles. The summed E-state index contributed by atoms with van der Waals surface area (Å²) >= 11 is 0. The van der Waals surface area contributed by atoms with Crippen molar-refractivity contribution >= 4 is 5.82 Å². The summed E-state index contributed by atoms with van der Waals surface area (Å²) in [5.41, 5.74) is 2.20. The first-order valence-corrected chi connectivity index (χ1v) is 9.81. The molecule has 0 spiro atoms. The van der Waals surface area contributed by atoms with Gasteiger partial charge in [0.15, 0.2) is 11.6 Å². The summed E-state index contributed by atoms with van der Waals surface area (Å²) in [6.45, 7) is 0. The fourth-order valence-corrected chi connectivity index (χ4v) is 3.58. The van der Waals surface area contributed by atoms with Crippen LogP contribution < -0.4 is 10.5 Å². The highest BCUT2D eigenvalue weighted by atomic mass is 19.4. The Labute approximate surface area is 183 Å². The molecular weight excluding hydrogens is 455 g/mol. The molecule has 1 fully saturated rings. The van der Waals surface area contributed by atoms with Gasteiger partial charge in [0.1, 0.15) is 11.6 Å². The molecule has 11 heteroatoms. The predicted octanol–water partition coefficient (Wildman–Crippen LogP) is 6.96. The number of ether oxygens (including phenoxy) is 1. The van der Waals surface area contributed by atoms with Crippen LogP contribution in [0.2, 0.25) is 0 Å². The molecule has 0 radical (unpaired) electrons. The van der Waals surface area contributed by atoms with Crippen molar-refractivity contribution < 1.29 is 35.5 Å². The van der Waals surface area contributed by atoms with E-state index in [0.29, 0.717) is 5.56 Å². The van der Waals surface area contributed by atoms with E-state index >= 15 is 4.39 Å². The van der Waals surface area contributed by atoms with Crippen LogP contribution in [-0.2, 0) is 12.4 Å². The number of rotatable bonds is 4. The van der Waals surface area contributed by atoms with E-state index in [4.69, 9.17) is 10.5 Å². The van der Waals surface area contributed by atoms with Crippen molar-refractivity contribution in [3.63, 3.8) is 0 Å². The highest BCUT2D eigenvalue weighted by Crippen LogP contribution is 2.46. The van der Waals surface area contributed by atoms with Crippen LogP contribution in [0.3, 0.4) is 0 Å². The first-order valence-electron chi connectivity index (χ1n) is 9.81. The van der Waals surface area contributed by atoms with Crippen molar-refractivity contribution in [1.82, 2.24) is 9.97 Å². The molecule has 0 unspecified atom stereocenters. The Morgan fingerprint density at radius 1 is 0.879 bits per heavy atom. The monoisotopic (exact) mass is 471 g/mol. The zero-order valence-corrected chi connectivity index (χ0v) is 16.8. The minimum Gasteiger partial charge on any atom is -0.454 e. The first-order chi connectivity index (χ1) is 15.4. The summed E-state index contributed by atoms with van der Waals surface area (Å²) in [6, 6.07) is 4.25. The molecule has 1 aliphatic carbocycles. The number of halogens is 7. The minimum absolute atomic E-state index is 0.0384. The number of alkyl halides is 6. The van der Waals surface area contributed by atoms with E-state index in [1.54, 1.807) is 6.07 Å². The molecule has 0 aliphatic heterocycles. The van der Waals surface area contributed by atoms with E-state index in [1.807, 2.05) is 0 Å². The fraction of sp³-hybridized carbons (Fsp3) is 0.273. The maximum absolute atomic E-state index is 15.5. The zero-order chi connectivity index (χ0) is 24.0. The van der Waals surface area contributed by atoms with Crippen molar-refractivity contribution in [2.45, 2.75) is 37.5 Å². The maximum atomic E-state index is 15.5. The Morgan fingerprint density at radius 2 is 1.58 bits per heavy atom. The summed E-state index contributed by atoms with van der Waals surface area (Å²) in [5, 5.41) is 0. The lowest BCUT2D eigenvalue weighted by Gasteiger charge is -2.28. The van der Waals surface area contributed by atoms with Gasteiger partial charge in [-0.2, -0.15) is 26.3 Å². The van der Waals surface area contributed by atoms with Crippen molar-refractivity contribution in [1.29, 1.82) is 0 Å². The second-order valence-electron chi connectivity index (χ2n) is 7.60. The van der Waals surface area contributed by atoms with Crippen molar-refractivity contribution in [3.8, 4) is 22.8 Å². The Hall–Kier alpha value is -3.37. The van der Waals surface area contributed by atoms with E-state index in [9.17, 15) is 26.3 Å². The largest absolute Gasteiger partial charge is 0.454 e. The molecule has 1 aliphatic rings. The molecule has 0 amide bonds. The van der Waals surface area contributed by atoms with Crippen LogP contribution in [0.25, 0.3) is 11.3 Å². The van der Waals surface area contributed by atoms with Gasteiger partial charge < -0.3 is 10.5 Å². The van der Waals surface area contributed by atoms with Crippen molar-refractivity contribution in [2.24, 2.45) is 0 Å². The van der Waals surface area contributed by atoms with Gasteiger partial charge in [0.05, 0.1) is 29.2 Å². The van der Waals surface area contributed by atoms with Gasteiger partial charge in [0.25, 0.3) is 0 Å². The normalized spacial score (nSPS) is 14.8. The highest BCUT2D eigenvalue weighted by Gasteiger charge is 2.43. The molecule has 33 heavy (non-hydrogen) atoms. The third-order valence-electron chi connectivity index (χ3n) is 5.44. The van der Waals surface area contributed by atoms with E-state index in [1.165, 1.54) is 18.5 Å². The fourth-order valence-electron chi connectivity index (χ4n) is 3.58. The smallest absolute Gasteiger partial charge is 0.417 e. The lowest BCUT2D eigenvalue weighted by atomic mass is 9.79. The Bertz CT molecular complexity index is 1170. The van der Waals surface area contributed by atoms with Gasteiger partial charge in [-0.3, -0.25) is 4.98 Å². The molecule has 2 aromatic carbocycles. The number of benzene rings is 2. The third kappa shape index (κ3) is 4.57. The quantitative estimate of drug-likeness (QED) is 0.418. The van der Waals surface area contributed by atoms with Gasteiger partial charge in [-0.25, -0.2) is 9.37 Å². The van der Waals surface area contributed by atoms with Gasteiger partial charge in [-0.15, -0.1) is 0 Å². The lowest BCUT2D eigenvalue weighted by molar-refractivity contribution is -0.162. The molecule has 1 aromatic heterocycles. The molecule has 3 aromatic rings. The van der Waals surface area contributed by atoms with E-state index in [2.05, 4.69) is 9.97 Å². The topological polar surface area (TPSA) is 61.0 Å². The zero-order valence-electron chi connectivity index (χ0n) is 16.8. The van der Waals surface area contributed by atoms with Gasteiger partial charge in [-0.1, -0.05) is 12.5 Å². The molecule has 1 saturated carbocycles. The number of aromatic nitrogens is 2. The summed E-state index contributed by atoms with van der Waals surface area (Å²) < 4.78 is 100. The number of nitrogens with zero attached hydrogens (tertiary/aromatic N) is 2. The second kappa shape index (κ2) is 8.20. The van der Waals surface area contributed by atoms with E-state index < -0.39 is 35.0 Å². The molecule has 0 bridgehead atoms. The number of anilines is 1. The molecule has 1 heterocycles. The van der Waals surface area contributed by atoms with Crippen LogP contribution in [0, 0.1) is 5.82 Å². The van der Waals surface area contributed by atoms with Crippen LogP contribution in [0.4, 0.5) is 36.6 Å². The molecular formula is C22H16F7N3O. The number of nitrogens with two attached hydrogens (primary N) is 1. The average molecular weight is 471 g/mol. The van der Waals surface area contributed by atoms with Gasteiger partial charge in [0, 0.05) is 11.1 Å². The standard InChI is InChI=1S/C22H16F7N3O/c23-19-14(17-9-32-18(30)10-31-17)6-5-13(11-2-1-3-11)20(19)33-12-4-7-15(21(24,25)26)16(8-12)22(27,28)29/h4-11H,1-3H2,(H2,30,32). The minimum atomic E-state index is -5.29. The Morgan fingerprint density at radius 3 is 2.12 bits per heavy atom. The number of hydrogen-bond donors (Lipinski definition) is 1. The Balaban J connectivity index is 1.81. The lowest BCUT2D eigenvalue weighted by Crippen LogP contribution is -2.16. The third-order valence-corrected chi connectivity index (χ3v) is 5.44. The summed E-state index contributed by atoms with van der Waals surface area (Å²) in [6.07, 6.45) is -5.76. The summed E-state index contributed by atoms with van der Waals surface area (Å²) in [4.78, 5) is 7.84. The van der Waals surface area contributed by atoms with Crippen LogP contribution in [0.5, 0.6) is 11.5 Å². The predicted molar refractivity (Wildman–Crippen MR) is 105 cm³/mol. The van der Waals surface area contributed by atoms with Crippen LogP contribution in [0.15, 0.2) is 42.7 Å².